The van der Waals surface area contributed by atoms with E-state index in [-0.39, 0.29) is 17.6 Å². The molecule has 2 heterocycles. The van der Waals surface area contributed by atoms with Crippen molar-refractivity contribution >= 4 is 28.6 Å². The summed E-state index contributed by atoms with van der Waals surface area (Å²) >= 11 is 1.55. The maximum Gasteiger partial charge on any atom is 0.293 e. The van der Waals surface area contributed by atoms with Crippen molar-refractivity contribution in [3.63, 3.8) is 0 Å². The molecule has 1 aromatic heterocycles. The number of nitrogens with one attached hydrogen (secondary N) is 1. The van der Waals surface area contributed by atoms with Gasteiger partial charge in [-0.25, -0.2) is 4.98 Å². The Bertz CT molecular complexity index is 896. The number of rotatable bonds is 5. The van der Waals surface area contributed by atoms with E-state index < -0.39 is 4.92 Å². The van der Waals surface area contributed by atoms with Gasteiger partial charge in [0.25, 0.3) is 11.6 Å². The number of benzene rings is 1. The first-order valence-electron chi connectivity index (χ1n) is 9.54. The van der Waals surface area contributed by atoms with Gasteiger partial charge in [-0.1, -0.05) is 6.92 Å². The van der Waals surface area contributed by atoms with Crippen LogP contribution >= 0.6 is 11.3 Å². The molecule has 1 aliphatic heterocycles. The van der Waals surface area contributed by atoms with Crippen LogP contribution in [0.25, 0.3) is 0 Å². The summed E-state index contributed by atoms with van der Waals surface area (Å²) in [5, 5.41) is 15.5. The van der Waals surface area contributed by atoms with Crippen molar-refractivity contribution in [2.24, 2.45) is 5.92 Å². The third-order valence-electron chi connectivity index (χ3n) is 5.11. The Morgan fingerprint density at radius 1 is 1.43 bits per heavy atom. The quantitative estimate of drug-likeness (QED) is 0.592. The number of anilines is 1. The first kappa shape index (κ1) is 20.3. The van der Waals surface area contributed by atoms with Crippen molar-refractivity contribution < 1.29 is 9.72 Å². The van der Waals surface area contributed by atoms with E-state index in [2.05, 4.69) is 22.1 Å². The topological polar surface area (TPSA) is 88.4 Å². The summed E-state index contributed by atoms with van der Waals surface area (Å²) in [5.74, 6) is 0.183. The number of hydrogen-bond donors (Lipinski definition) is 1. The number of aryl methyl sites for hydroxylation is 2. The Morgan fingerprint density at radius 2 is 2.18 bits per heavy atom. The molecule has 2 atom stereocenters. The molecule has 0 unspecified atom stereocenters. The predicted octanol–water partition coefficient (Wildman–Crippen LogP) is 4.40. The molecule has 28 heavy (non-hydrogen) atoms. The standard InChI is InChI=1S/C20H26N4O3S/c1-12-6-5-9-23(11-12)17-8-7-16(10-18(17)24(26)27)20(25)22-14(3)19-13(2)21-15(4)28-19/h7-8,10,12,14H,5-6,9,11H2,1-4H3,(H,22,25)/t12-,14+/m0/s1. The van der Waals surface area contributed by atoms with Gasteiger partial charge in [0.1, 0.15) is 5.69 Å². The molecule has 3 rings (SSSR count). The molecule has 0 radical (unpaired) electrons. The van der Waals surface area contributed by atoms with E-state index in [1.165, 1.54) is 6.07 Å². The van der Waals surface area contributed by atoms with Crippen molar-refractivity contribution in [2.45, 2.75) is 46.6 Å². The molecule has 8 heteroatoms. The maximum atomic E-state index is 12.7. The van der Waals surface area contributed by atoms with Crippen LogP contribution in [0.1, 0.15) is 58.7 Å². The van der Waals surface area contributed by atoms with E-state index in [1.807, 2.05) is 20.8 Å². The summed E-state index contributed by atoms with van der Waals surface area (Å²) in [6.07, 6.45) is 2.16. The van der Waals surface area contributed by atoms with Crippen LogP contribution in [0.3, 0.4) is 0 Å². The number of amides is 1. The highest BCUT2D eigenvalue weighted by Gasteiger charge is 2.26. The molecule has 1 amide bonds. The summed E-state index contributed by atoms with van der Waals surface area (Å²) in [6, 6.07) is 4.56. The summed E-state index contributed by atoms with van der Waals surface area (Å²) < 4.78 is 0. The first-order chi connectivity index (χ1) is 13.3. The lowest BCUT2D eigenvalue weighted by molar-refractivity contribution is -0.384. The van der Waals surface area contributed by atoms with Crippen LogP contribution in [0.4, 0.5) is 11.4 Å². The normalized spacial score (nSPS) is 18.0. The number of piperidine rings is 1. The number of aromatic nitrogens is 1. The van der Waals surface area contributed by atoms with Crippen LogP contribution in [0.5, 0.6) is 0 Å². The second kappa shape index (κ2) is 8.26. The van der Waals surface area contributed by atoms with Gasteiger partial charge in [-0.2, -0.15) is 0 Å². The second-order valence-corrected chi connectivity index (χ2v) is 8.77. The Hall–Kier alpha value is -2.48. The lowest BCUT2D eigenvalue weighted by Crippen LogP contribution is -2.34. The third kappa shape index (κ3) is 4.32. The van der Waals surface area contributed by atoms with E-state index in [4.69, 9.17) is 0 Å². The van der Waals surface area contributed by atoms with Gasteiger partial charge >= 0.3 is 0 Å². The number of nitro benzene ring substituents is 1. The van der Waals surface area contributed by atoms with E-state index >= 15 is 0 Å². The first-order valence-corrected chi connectivity index (χ1v) is 10.4. The molecule has 1 fully saturated rings. The summed E-state index contributed by atoms with van der Waals surface area (Å²) in [5.41, 5.74) is 1.77. The van der Waals surface area contributed by atoms with E-state index in [0.29, 0.717) is 17.2 Å². The maximum absolute atomic E-state index is 12.7. The van der Waals surface area contributed by atoms with Gasteiger partial charge in [0.05, 0.1) is 21.7 Å². The largest absolute Gasteiger partial charge is 0.366 e. The zero-order valence-corrected chi connectivity index (χ0v) is 17.5. The Labute approximate surface area is 168 Å². The van der Waals surface area contributed by atoms with Crippen LogP contribution in [0.2, 0.25) is 0 Å². The SMILES string of the molecule is Cc1nc(C)c([C@@H](C)NC(=O)c2ccc(N3CCC[C@H](C)C3)c([N+](=O)[O-])c2)s1. The fourth-order valence-electron chi connectivity index (χ4n) is 3.78. The summed E-state index contributed by atoms with van der Waals surface area (Å²) in [4.78, 5) is 31.4. The van der Waals surface area contributed by atoms with Gasteiger partial charge < -0.3 is 10.2 Å². The summed E-state index contributed by atoms with van der Waals surface area (Å²) in [7, 11) is 0. The zero-order valence-electron chi connectivity index (χ0n) is 16.7. The van der Waals surface area contributed by atoms with Crippen LogP contribution in [0, 0.1) is 29.9 Å². The number of carbonyl (C=O) groups excluding carboxylic acids is 1. The van der Waals surface area contributed by atoms with E-state index in [9.17, 15) is 14.9 Å². The molecular weight excluding hydrogens is 376 g/mol. The Morgan fingerprint density at radius 3 is 2.79 bits per heavy atom. The van der Waals surface area contributed by atoms with Gasteiger partial charge in [0.15, 0.2) is 0 Å². The molecule has 0 spiro atoms. The van der Waals surface area contributed by atoms with Crippen molar-refractivity contribution in [2.75, 3.05) is 18.0 Å². The molecule has 0 aliphatic carbocycles. The van der Waals surface area contributed by atoms with E-state index in [0.717, 1.165) is 41.5 Å². The van der Waals surface area contributed by atoms with Crippen molar-refractivity contribution in [1.82, 2.24) is 10.3 Å². The molecule has 1 aromatic carbocycles. The minimum Gasteiger partial charge on any atom is -0.366 e. The highest BCUT2D eigenvalue weighted by molar-refractivity contribution is 7.11. The van der Waals surface area contributed by atoms with Crippen molar-refractivity contribution in [3.05, 3.63) is 49.5 Å². The average Bonchev–Trinajstić information content (AvgIpc) is 2.99. The highest BCUT2D eigenvalue weighted by atomic mass is 32.1. The molecule has 2 aromatic rings. The molecular formula is C20H26N4O3S. The van der Waals surface area contributed by atoms with Gasteiger partial charge in [0, 0.05) is 29.6 Å². The molecule has 0 bridgehead atoms. The van der Waals surface area contributed by atoms with Crippen LogP contribution in [-0.4, -0.2) is 28.9 Å². The summed E-state index contributed by atoms with van der Waals surface area (Å²) in [6.45, 7) is 9.51. The van der Waals surface area contributed by atoms with Gasteiger partial charge in [-0.15, -0.1) is 11.3 Å². The fraction of sp³-hybridized carbons (Fsp3) is 0.500. The average molecular weight is 403 g/mol. The van der Waals surface area contributed by atoms with Gasteiger partial charge in [0.2, 0.25) is 0 Å². The van der Waals surface area contributed by atoms with Crippen LogP contribution in [0.15, 0.2) is 18.2 Å². The third-order valence-corrected chi connectivity index (χ3v) is 6.37. The molecule has 1 N–H and O–H groups in total. The molecule has 7 nitrogen and oxygen atoms in total. The number of thiazole rings is 1. The Balaban J connectivity index is 1.82. The number of nitrogens with zero attached hydrogens (tertiary/aromatic N) is 3. The molecule has 1 aliphatic rings. The molecule has 0 saturated carbocycles. The minimum atomic E-state index is -0.397. The smallest absolute Gasteiger partial charge is 0.293 e. The van der Waals surface area contributed by atoms with Crippen LogP contribution in [-0.2, 0) is 0 Å². The van der Waals surface area contributed by atoms with Crippen molar-refractivity contribution in [1.29, 1.82) is 0 Å². The highest BCUT2D eigenvalue weighted by Crippen LogP contribution is 2.33. The predicted molar refractivity (Wildman–Crippen MR) is 111 cm³/mol. The minimum absolute atomic E-state index is 0.0146. The van der Waals surface area contributed by atoms with Crippen LogP contribution < -0.4 is 10.2 Å². The van der Waals surface area contributed by atoms with E-state index in [1.54, 1.807) is 23.5 Å². The van der Waals surface area contributed by atoms with Crippen molar-refractivity contribution in [3.8, 4) is 0 Å². The zero-order chi connectivity index (χ0) is 20.4. The Kier molecular flexibility index (Phi) is 5.98. The number of hydrogen-bond acceptors (Lipinski definition) is 6. The molecule has 150 valence electrons. The lowest BCUT2D eigenvalue weighted by atomic mass is 9.99. The number of nitro groups is 1. The lowest BCUT2D eigenvalue weighted by Gasteiger charge is -2.32. The van der Waals surface area contributed by atoms with Gasteiger partial charge in [-0.3, -0.25) is 14.9 Å². The molecule has 1 saturated heterocycles. The fourth-order valence-corrected chi connectivity index (χ4v) is 4.71. The number of carbonyl (C=O) groups is 1. The van der Waals surface area contributed by atoms with Gasteiger partial charge in [-0.05, 0) is 51.7 Å². The monoisotopic (exact) mass is 402 g/mol. The second-order valence-electron chi connectivity index (χ2n) is 7.53.